The van der Waals surface area contributed by atoms with Crippen molar-refractivity contribution in [1.82, 2.24) is 15.1 Å². The van der Waals surface area contributed by atoms with Crippen LogP contribution in [0.2, 0.25) is 0 Å². The van der Waals surface area contributed by atoms with E-state index in [0.29, 0.717) is 19.1 Å². The maximum atomic E-state index is 11.9. The van der Waals surface area contributed by atoms with E-state index in [1.807, 2.05) is 7.05 Å². The molecule has 0 aromatic carbocycles. The molecule has 0 bridgehead atoms. The van der Waals surface area contributed by atoms with Crippen LogP contribution in [0.4, 0.5) is 13.2 Å². The SMILES string of the molecule is CCN1CCC(N(C)CCNCC(F)(F)F)CC1. The molecular weight excluding hydrogens is 243 g/mol. The van der Waals surface area contributed by atoms with Gasteiger partial charge in [0.25, 0.3) is 0 Å². The van der Waals surface area contributed by atoms with Crippen molar-refractivity contribution in [3.05, 3.63) is 0 Å². The van der Waals surface area contributed by atoms with E-state index in [4.69, 9.17) is 0 Å². The number of hydrogen-bond donors (Lipinski definition) is 1. The second-order valence-electron chi connectivity index (χ2n) is 4.94. The minimum atomic E-state index is -4.11. The first kappa shape index (κ1) is 15.7. The molecule has 0 aromatic rings. The third-order valence-corrected chi connectivity index (χ3v) is 3.59. The van der Waals surface area contributed by atoms with Crippen molar-refractivity contribution < 1.29 is 13.2 Å². The molecule has 0 atom stereocenters. The van der Waals surface area contributed by atoms with Crippen molar-refractivity contribution in [2.45, 2.75) is 32.0 Å². The molecule has 0 aromatic heterocycles. The second kappa shape index (κ2) is 7.31. The number of likely N-dealkylation sites (tertiary alicyclic amines) is 1. The fourth-order valence-electron chi connectivity index (χ4n) is 2.34. The molecule has 0 unspecified atom stereocenters. The fourth-order valence-corrected chi connectivity index (χ4v) is 2.34. The number of piperidine rings is 1. The van der Waals surface area contributed by atoms with Crippen LogP contribution >= 0.6 is 0 Å². The Bertz CT molecular complexity index is 225. The van der Waals surface area contributed by atoms with Crippen LogP contribution in [-0.4, -0.2) is 68.3 Å². The Morgan fingerprint density at radius 1 is 1.28 bits per heavy atom. The molecule has 1 aliphatic rings. The van der Waals surface area contributed by atoms with Crippen LogP contribution in [-0.2, 0) is 0 Å². The fraction of sp³-hybridized carbons (Fsp3) is 1.00. The summed E-state index contributed by atoms with van der Waals surface area (Å²) in [6, 6.07) is 0.514. The molecule has 1 fully saturated rings. The summed E-state index contributed by atoms with van der Waals surface area (Å²) in [6.07, 6.45) is -1.88. The molecule has 108 valence electrons. The monoisotopic (exact) mass is 267 g/mol. The molecule has 0 radical (unpaired) electrons. The number of nitrogens with zero attached hydrogens (tertiary/aromatic N) is 2. The van der Waals surface area contributed by atoms with Crippen molar-refractivity contribution in [3.63, 3.8) is 0 Å². The van der Waals surface area contributed by atoms with E-state index >= 15 is 0 Å². The largest absolute Gasteiger partial charge is 0.401 e. The Morgan fingerprint density at radius 3 is 2.39 bits per heavy atom. The van der Waals surface area contributed by atoms with Gasteiger partial charge in [0.2, 0.25) is 0 Å². The highest BCUT2D eigenvalue weighted by Crippen LogP contribution is 2.15. The first-order valence-corrected chi connectivity index (χ1v) is 6.62. The summed E-state index contributed by atoms with van der Waals surface area (Å²) < 4.78 is 35.8. The highest BCUT2D eigenvalue weighted by atomic mass is 19.4. The van der Waals surface area contributed by atoms with Crippen LogP contribution in [0.25, 0.3) is 0 Å². The number of likely N-dealkylation sites (N-methyl/N-ethyl adjacent to an activating group) is 1. The van der Waals surface area contributed by atoms with E-state index in [2.05, 4.69) is 22.0 Å². The van der Waals surface area contributed by atoms with Gasteiger partial charge < -0.3 is 15.1 Å². The minimum Gasteiger partial charge on any atom is -0.307 e. The lowest BCUT2D eigenvalue weighted by Crippen LogP contribution is -2.45. The smallest absolute Gasteiger partial charge is 0.307 e. The summed E-state index contributed by atoms with van der Waals surface area (Å²) >= 11 is 0. The molecule has 18 heavy (non-hydrogen) atoms. The van der Waals surface area contributed by atoms with Gasteiger partial charge in [-0.25, -0.2) is 0 Å². The highest BCUT2D eigenvalue weighted by Gasteiger charge is 2.26. The van der Waals surface area contributed by atoms with Gasteiger partial charge >= 0.3 is 6.18 Å². The number of rotatable bonds is 6. The highest BCUT2D eigenvalue weighted by molar-refractivity contribution is 4.78. The summed E-state index contributed by atoms with van der Waals surface area (Å²) in [5.74, 6) is 0. The van der Waals surface area contributed by atoms with Gasteiger partial charge in [-0.1, -0.05) is 6.92 Å². The van der Waals surface area contributed by atoms with E-state index in [1.54, 1.807) is 0 Å². The van der Waals surface area contributed by atoms with Gasteiger partial charge in [-0.05, 0) is 39.5 Å². The number of halogens is 3. The maximum absolute atomic E-state index is 11.9. The molecule has 0 saturated carbocycles. The van der Waals surface area contributed by atoms with E-state index in [1.165, 1.54) is 0 Å². The Morgan fingerprint density at radius 2 is 1.89 bits per heavy atom. The average Bonchev–Trinajstić information content (AvgIpc) is 2.33. The summed E-state index contributed by atoms with van der Waals surface area (Å²) in [5.41, 5.74) is 0. The molecule has 3 nitrogen and oxygen atoms in total. The molecular formula is C12H24F3N3. The van der Waals surface area contributed by atoms with Gasteiger partial charge in [0, 0.05) is 19.1 Å². The summed E-state index contributed by atoms with van der Waals surface area (Å²) in [4.78, 5) is 4.59. The summed E-state index contributed by atoms with van der Waals surface area (Å²) in [7, 11) is 2.00. The molecule has 1 saturated heterocycles. The van der Waals surface area contributed by atoms with Gasteiger partial charge in [0.05, 0.1) is 6.54 Å². The summed E-state index contributed by atoms with van der Waals surface area (Å²) in [6.45, 7) is 5.61. The predicted octanol–water partition coefficient (Wildman–Crippen LogP) is 1.55. The normalized spacial score (nSPS) is 19.7. The predicted molar refractivity (Wildman–Crippen MR) is 66.7 cm³/mol. The Hall–Kier alpha value is -0.330. The first-order valence-electron chi connectivity index (χ1n) is 6.62. The topological polar surface area (TPSA) is 18.5 Å². The standard InChI is InChI=1S/C12H24F3N3/c1-3-18-7-4-11(5-8-18)17(2)9-6-16-10-12(13,14)15/h11,16H,3-10H2,1-2H3. The van der Waals surface area contributed by atoms with Crippen LogP contribution in [0.3, 0.4) is 0 Å². The van der Waals surface area contributed by atoms with E-state index in [9.17, 15) is 13.2 Å². The van der Waals surface area contributed by atoms with E-state index < -0.39 is 12.7 Å². The van der Waals surface area contributed by atoms with Crippen molar-refractivity contribution in [2.75, 3.05) is 46.3 Å². The van der Waals surface area contributed by atoms with Gasteiger partial charge in [-0.15, -0.1) is 0 Å². The molecule has 6 heteroatoms. The van der Waals surface area contributed by atoms with Gasteiger partial charge in [-0.3, -0.25) is 0 Å². The number of hydrogen-bond acceptors (Lipinski definition) is 3. The van der Waals surface area contributed by atoms with Gasteiger partial charge in [0.1, 0.15) is 0 Å². The zero-order chi connectivity index (χ0) is 13.6. The quantitative estimate of drug-likeness (QED) is 0.737. The lowest BCUT2D eigenvalue weighted by atomic mass is 10.0. The molecule has 1 rings (SSSR count). The number of alkyl halides is 3. The third kappa shape index (κ3) is 6.02. The van der Waals surface area contributed by atoms with Crippen LogP contribution in [0, 0.1) is 0 Å². The van der Waals surface area contributed by atoms with Crippen molar-refractivity contribution >= 4 is 0 Å². The van der Waals surface area contributed by atoms with Crippen LogP contribution in [0.5, 0.6) is 0 Å². The Kier molecular flexibility index (Phi) is 6.38. The first-order chi connectivity index (χ1) is 8.42. The van der Waals surface area contributed by atoms with Crippen LogP contribution < -0.4 is 5.32 Å². The lowest BCUT2D eigenvalue weighted by Gasteiger charge is -2.36. The Labute approximate surface area is 107 Å². The average molecular weight is 267 g/mol. The van der Waals surface area contributed by atoms with Gasteiger partial charge in [0.15, 0.2) is 0 Å². The van der Waals surface area contributed by atoms with Crippen molar-refractivity contribution in [3.8, 4) is 0 Å². The van der Waals surface area contributed by atoms with E-state index in [0.717, 1.165) is 32.5 Å². The summed E-state index contributed by atoms with van der Waals surface area (Å²) in [5, 5.41) is 2.44. The molecule has 0 aliphatic carbocycles. The second-order valence-corrected chi connectivity index (χ2v) is 4.94. The van der Waals surface area contributed by atoms with Gasteiger partial charge in [-0.2, -0.15) is 13.2 Å². The maximum Gasteiger partial charge on any atom is 0.401 e. The van der Waals surface area contributed by atoms with E-state index in [-0.39, 0.29) is 0 Å². The zero-order valence-corrected chi connectivity index (χ0v) is 11.3. The molecule has 1 aliphatic heterocycles. The van der Waals surface area contributed by atoms with Crippen molar-refractivity contribution in [2.24, 2.45) is 0 Å². The lowest BCUT2D eigenvalue weighted by molar-refractivity contribution is -0.124. The third-order valence-electron chi connectivity index (χ3n) is 3.59. The number of nitrogens with one attached hydrogen (secondary N) is 1. The minimum absolute atomic E-state index is 0.393. The van der Waals surface area contributed by atoms with Crippen LogP contribution in [0.1, 0.15) is 19.8 Å². The zero-order valence-electron chi connectivity index (χ0n) is 11.3. The molecule has 1 N–H and O–H groups in total. The molecule has 1 heterocycles. The van der Waals surface area contributed by atoms with Crippen LogP contribution in [0.15, 0.2) is 0 Å². The molecule has 0 amide bonds. The Balaban J connectivity index is 2.12. The van der Waals surface area contributed by atoms with Crippen molar-refractivity contribution in [1.29, 1.82) is 0 Å². The molecule has 0 spiro atoms.